The lowest BCUT2D eigenvalue weighted by Crippen LogP contribution is -2.45. The zero-order chi connectivity index (χ0) is 15.9. The summed E-state index contributed by atoms with van der Waals surface area (Å²) in [6.07, 6.45) is 0.388. The number of hydrogen-bond donors (Lipinski definition) is 1. The maximum atomic E-state index is 9.26. The van der Waals surface area contributed by atoms with Gasteiger partial charge in [-0.05, 0) is 0 Å². The van der Waals surface area contributed by atoms with Crippen LogP contribution in [0.4, 0.5) is 0 Å². The summed E-state index contributed by atoms with van der Waals surface area (Å²) in [6, 6.07) is 5.91. The molecule has 1 N–H and O–H groups in total. The van der Waals surface area contributed by atoms with Crippen LogP contribution in [0.25, 0.3) is 0 Å². The van der Waals surface area contributed by atoms with Crippen molar-refractivity contribution in [3.8, 4) is 23.3 Å². The van der Waals surface area contributed by atoms with Crippen molar-refractivity contribution in [1.29, 1.82) is 5.26 Å². The molecule has 0 unspecified atom stereocenters. The molecule has 1 fully saturated rings. The number of methoxy groups -OCH3 is 3. The van der Waals surface area contributed by atoms with Crippen LogP contribution >= 0.6 is 0 Å². The summed E-state index contributed by atoms with van der Waals surface area (Å²) in [7, 11) is 4.86. The number of hydrogen-bond acceptors (Lipinski definition) is 6. The quantitative estimate of drug-likeness (QED) is 0.860. The lowest BCUT2D eigenvalue weighted by molar-refractivity contribution is 0.169. The summed E-state index contributed by atoms with van der Waals surface area (Å²) in [6.45, 7) is 3.63. The van der Waals surface area contributed by atoms with Crippen LogP contribution in [-0.2, 0) is 0 Å². The Labute approximate surface area is 131 Å². The first kappa shape index (κ1) is 16.4. The van der Waals surface area contributed by atoms with E-state index >= 15 is 0 Å². The summed E-state index contributed by atoms with van der Waals surface area (Å²) in [5, 5.41) is 12.6. The second-order valence-electron chi connectivity index (χ2n) is 5.11. The Morgan fingerprint density at radius 3 is 2.18 bits per heavy atom. The van der Waals surface area contributed by atoms with Gasteiger partial charge in [0.05, 0.1) is 45.4 Å². The van der Waals surface area contributed by atoms with Crippen LogP contribution in [0.2, 0.25) is 0 Å². The minimum Gasteiger partial charge on any atom is -0.496 e. The van der Waals surface area contributed by atoms with E-state index in [0.717, 1.165) is 31.7 Å². The molecular weight excluding hydrogens is 282 g/mol. The van der Waals surface area contributed by atoms with Crippen molar-refractivity contribution in [1.82, 2.24) is 10.2 Å². The van der Waals surface area contributed by atoms with E-state index in [1.54, 1.807) is 21.3 Å². The molecule has 1 aromatic rings. The number of benzene rings is 1. The highest BCUT2D eigenvalue weighted by Crippen LogP contribution is 2.41. The number of ether oxygens (including phenoxy) is 3. The molecule has 0 spiro atoms. The molecule has 22 heavy (non-hydrogen) atoms. The van der Waals surface area contributed by atoms with Gasteiger partial charge in [0, 0.05) is 38.3 Å². The van der Waals surface area contributed by atoms with Gasteiger partial charge in [-0.25, -0.2) is 0 Å². The van der Waals surface area contributed by atoms with E-state index in [0.29, 0.717) is 23.7 Å². The Morgan fingerprint density at radius 2 is 1.73 bits per heavy atom. The summed E-state index contributed by atoms with van der Waals surface area (Å²) in [5.41, 5.74) is 0.911. The van der Waals surface area contributed by atoms with E-state index in [4.69, 9.17) is 14.2 Å². The largest absolute Gasteiger partial charge is 0.496 e. The minimum atomic E-state index is -0.0529. The van der Waals surface area contributed by atoms with Crippen molar-refractivity contribution >= 4 is 0 Å². The highest BCUT2D eigenvalue weighted by Gasteiger charge is 2.28. The highest BCUT2D eigenvalue weighted by molar-refractivity contribution is 5.52. The smallest absolute Gasteiger partial charge is 0.131 e. The van der Waals surface area contributed by atoms with Gasteiger partial charge in [-0.3, -0.25) is 4.90 Å². The Bertz CT molecular complexity index is 511. The molecule has 1 aromatic carbocycles. The van der Waals surface area contributed by atoms with Crippen molar-refractivity contribution in [3.05, 3.63) is 17.7 Å². The molecule has 0 radical (unpaired) electrons. The molecule has 1 aliphatic rings. The second kappa shape index (κ2) is 7.87. The second-order valence-corrected chi connectivity index (χ2v) is 5.11. The molecule has 1 aliphatic heterocycles. The number of nitrogens with one attached hydrogen (secondary N) is 1. The van der Waals surface area contributed by atoms with E-state index in [1.165, 1.54) is 0 Å². The summed E-state index contributed by atoms with van der Waals surface area (Å²) >= 11 is 0. The topological polar surface area (TPSA) is 66.8 Å². The maximum absolute atomic E-state index is 9.26. The van der Waals surface area contributed by atoms with E-state index in [1.807, 2.05) is 12.1 Å². The van der Waals surface area contributed by atoms with E-state index in [2.05, 4.69) is 16.3 Å². The molecule has 1 atom stereocenters. The first-order valence-corrected chi connectivity index (χ1v) is 7.36. The third-order valence-corrected chi connectivity index (χ3v) is 3.96. The molecule has 120 valence electrons. The van der Waals surface area contributed by atoms with Crippen LogP contribution < -0.4 is 19.5 Å². The fourth-order valence-corrected chi connectivity index (χ4v) is 2.86. The fraction of sp³-hybridized carbons (Fsp3) is 0.562. The van der Waals surface area contributed by atoms with Gasteiger partial charge in [-0.1, -0.05) is 0 Å². The van der Waals surface area contributed by atoms with Gasteiger partial charge in [0.2, 0.25) is 0 Å². The number of rotatable bonds is 6. The molecular formula is C16H23N3O3. The van der Waals surface area contributed by atoms with Gasteiger partial charge in [-0.15, -0.1) is 0 Å². The molecule has 1 heterocycles. The Kier molecular flexibility index (Phi) is 5.87. The Balaban J connectivity index is 2.46. The van der Waals surface area contributed by atoms with Crippen molar-refractivity contribution in [2.24, 2.45) is 0 Å². The third kappa shape index (κ3) is 3.43. The predicted molar refractivity (Wildman–Crippen MR) is 83.5 cm³/mol. The lowest BCUT2D eigenvalue weighted by atomic mass is 9.99. The number of nitrogens with zero attached hydrogens (tertiary/aromatic N) is 2. The average molecular weight is 305 g/mol. The van der Waals surface area contributed by atoms with Crippen LogP contribution in [0.15, 0.2) is 12.1 Å². The Morgan fingerprint density at radius 1 is 1.14 bits per heavy atom. The monoisotopic (exact) mass is 305 g/mol. The third-order valence-electron chi connectivity index (χ3n) is 3.96. The van der Waals surface area contributed by atoms with Gasteiger partial charge < -0.3 is 19.5 Å². The van der Waals surface area contributed by atoms with E-state index < -0.39 is 0 Å². The summed E-state index contributed by atoms with van der Waals surface area (Å²) in [5.74, 6) is 2.05. The van der Waals surface area contributed by atoms with Crippen LogP contribution in [0.1, 0.15) is 18.0 Å². The summed E-state index contributed by atoms with van der Waals surface area (Å²) in [4.78, 5) is 2.30. The van der Waals surface area contributed by atoms with Crippen molar-refractivity contribution in [2.75, 3.05) is 47.5 Å². The molecule has 0 saturated carbocycles. The lowest BCUT2D eigenvalue weighted by Gasteiger charge is -2.35. The molecule has 0 aromatic heterocycles. The molecule has 0 bridgehead atoms. The molecule has 6 nitrogen and oxygen atoms in total. The fourth-order valence-electron chi connectivity index (χ4n) is 2.86. The minimum absolute atomic E-state index is 0.0529. The SMILES string of the molecule is COc1cc(OC)c([C@H](CC#N)N2CCNCC2)c(OC)c1. The van der Waals surface area contributed by atoms with E-state index in [-0.39, 0.29) is 6.04 Å². The molecule has 6 heteroatoms. The van der Waals surface area contributed by atoms with Crippen molar-refractivity contribution in [3.63, 3.8) is 0 Å². The highest BCUT2D eigenvalue weighted by atomic mass is 16.5. The molecule has 0 amide bonds. The van der Waals surface area contributed by atoms with Crippen LogP contribution in [0.3, 0.4) is 0 Å². The number of nitriles is 1. The molecule has 1 saturated heterocycles. The standard InChI is InChI=1S/C16H23N3O3/c1-20-12-10-14(21-2)16(15(11-12)22-3)13(4-5-17)19-8-6-18-7-9-19/h10-11,13,18H,4,6-9H2,1-3H3/t13-/m0/s1. The van der Waals surface area contributed by atoms with Crippen LogP contribution in [0.5, 0.6) is 17.2 Å². The predicted octanol–water partition coefficient (Wildman–Crippen LogP) is 1.57. The van der Waals surface area contributed by atoms with Gasteiger partial charge >= 0.3 is 0 Å². The first-order chi connectivity index (χ1) is 10.7. The van der Waals surface area contributed by atoms with Gasteiger partial charge in [0.15, 0.2) is 0 Å². The zero-order valence-electron chi connectivity index (χ0n) is 13.4. The van der Waals surface area contributed by atoms with Gasteiger partial charge in [0.1, 0.15) is 17.2 Å². The van der Waals surface area contributed by atoms with Crippen molar-refractivity contribution in [2.45, 2.75) is 12.5 Å². The average Bonchev–Trinajstić information content (AvgIpc) is 2.59. The molecule has 0 aliphatic carbocycles. The number of piperazine rings is 1. The normalized spacial score (nSPS) is 16.6. The van der Waals surface area contributed by atoms with Crippen LogP contribution in [-0.4, -0.2) is 52.4 Å². The van der Waals surface area contributed by atoms with Gasteiger partial charge in [-0.2, -0.15) is 5.26 Å². The summed E-state index contributed by atoms with van der Waals surface area (Å²) < 4.78 is 16.4. The first-order valence-electron chi connectivity index (χ1n) is 7.36. The van der Waals surface area contributed by atoms with E-state index in [9.17, 15) is 5.26 Å². The van der Waals surface area contributed by atoms with Gasteiger partial charge in [0.25, 0.3) is 0 Å². The van der Waals surface area contributed by atoms with Crippen LogP contribution in [0, 0.1) is 11.3 Å². The van der Waals surface area contributed by atoms with Crippen molar-refractivity contribution < 1.29 is 14.2 Å². The molecule has 2 rings (SSSR count). The maximum Gasteiger partial charge on any atom is 0.131 e. The zero-order valence-corrected chi connectivity index (χ0v) is 13.4. The Hall–Kier alpha value is -1.97.